The third-order valence-corrected chi connectivity index (χ3v) is 7.09. The van der Waals surface area contributed by atoms with Crippen LogP contribution < -0.4 is 0 Å². The second kappa shape index (κ2) is 7.67. The Morgan fingerprint density at radius 1 is 1.03 bits per heavy atom. The number of benzene rings is 2. The van der Waals surface area contributed by atoms with E-state index in [0.717, 1.165) is 66.2 Å². The molecule has 2 fully saturated rings. The van der Waals surface area contributed by atoms with Crippen molar-refractivity contribution >= 4 is 22.6 Å². The van der Waals surface area contributed by atoms with Gasteiger partial charge in [-0.2, -0.15) is 0 Å². The number of fused-ring (bicyclic) bond motifs is 3. The van der Waals surface area contributed by atoms with Crippen molar-refractivity contribution in [3.8, 4) is 0 Å². The van der Waals surface area contributed by atoms with Crippen LogP contribution in [0, 0.1) is 0 Å². The van der Waals surface area contributed by atoms with Crippen molar-refractivity contribution in [2.24, 2.45) is 0 Å². The number of aliphatic hydroxyl groups excluding tert-OH is 1. The van der Waals surface area contributed by atoms with Crippen molar-refractivity contribution < 1.29 is 14.7 Å². The minimum Gasteiger partial charge on any atom is -0.391 e. The zero-order valence-corrected chi connectivity index (χ0v) is 17.5. The van der Waals surface area contributed by atoms with E-state index in [1.165, 1.54) is 0 Å². The van der Waals surface area contributed by atoms with E-state index in [9.17, 15) is 14.7 Å². The summed E-state index contributed by atoms with van der Waals surface area (Å²) in [6, 6.07) is 10.2. The van der Waals surface area contributed by atoms with Crippen molar-refractivity contribution in [1.82, 2.24) is 14.7 Å². The largest absolute Gasteiger partial charge is 0.391 e. The van der Waals surface area contributed by atoms with Crippen LogP contribution in [0.4, 0.5) is 0 Å². The first-order chi connectivity index (χ1) is 14.5. The minimum atomic E-state index is -0.431. The van der Waals surface area contributed by atoms with Crippen LogP contribution in [0.5, 0.6) is 0 Å². The van der Waals surface area contributed by atoms with Crippen LogP contribution in [0.15, 0.2) is 30.3 Å². The normalized spacial score (nSPS) is 25.3. The Kier molecular flexibility index (Phi) is 4.99. The molecular formula is C24H29N3O3. The van der Waals surface area contributed by atoms with E-state index >= 15 is 0 Å². The predicted octanol–water partition coefficient (Wildman–Crippen LogP) is 2.37. The summed E-state index contributed by atoms with van der Waals surface area (Å²) in [6.07, 6.45) is 3.30. The van der Waals surface area contributed by atoms with Gasteiger partial charge < -0.3 is 14.9 Å². The van der Waals surface area contributed by atoms with Gasteiger partial charge in [0.25, 0.3) is 5.91 Å². The third kappa shape index (κ3) is 3.28. The lowest BCUT2D eigenvalue weighted by molar-refractivity contribution is -0.134. The maximum Gasteiger partial charge on any atom is 0.254 e. The summed E-state index contributed by atoms with van der Waals surface area (Å²) < 4.78 is 0. The number of likely N-dealkylation sites (N-methyl/N-ethyl adjacent to an activating group) is 1. The van der Waals surface area contributed by atoms with E-state index in [1.807, 2.05) is 30.1 Å². The third-order valence-electron chi connectivity index (χ3n) is 7.09. The van der Waals surface area contributed by atoms with Gasteiger partial charge >= 0.3 is 0 Å². The molecular weight excluding hydrogens is 378 g/mol. The second-order valence-electron chi connectivity index (χ2n) is 8.99. The molecule has 2 heterocycles. The quantitative estimate of drug-likeness (QED) is 0.849. The monoisotopic (exact) mass is 407 g/mol. The van der Waals surface area contributed by atoms with Crippen molar-refractivity contribution in [2.45, 2.75) is 50.9 Å². The molecule has 30 heavy (non-hydrogen) atoms. The van der Waals surface area contributed by atoms with Crippen molar-refractivity contribution in [3.05, 3.63) is 47.0 Å². The first kappa shape index (κ1) is 19.5. The Labute approximate surface area is 177 Å². The van der Waals surface area contributed by atoms with E-state index < -0.39 is 6.10 Å². The molecule has 3 aliphatic rings. The molecule has 1 N–H and O–H groups in total. The average molecular weight is 408 g/mol. The fourth-order valence-corrected chi connectivity index (χ4v) is 5.31. The summed E-state index contributed by atoms with van der Waals surface area (Å²) in [4.78, 5) is 31.3. The summed E-state index contributed by atoms with van der Waals surface area (Å²) >= 11 is 0. The molecule has 0 radical (unpaired) electrons. The van der Waals surface area contributed by atoms with E-state index in [0.29, 0.717) is 19.6 Å². The van der Waals surface area contributed by atoms with Crippen molar-refractivity contribution in [3.63, 3.8) is 0 Å². The fraction of sp³-hybridized carbons (Fsp3) is 0.500. The number of nitrogens with zero attached hydrogens (tertiary/aromatic N) is 3. The number of hydrogen-bond acceptors (Lipinski definition) is 4. The Morgan fingerprint density at radius 3 is 2.57 bits per heavy atom. The van der Waals surface area contributed by atoms with E-state index in [1.54, 1.807) is 4.90 Å². The molecule has 2 aromatic rings. The maximum absolute atomic E-state index is 13.4. The van der Waals surface area contributed by atoms with Gasteiger partial charge in [-0.25, -0.2) is 0 Å². The van der Waals surface area contributed by atoms with Crippen LogP contribution >= 0.6 is 0 Å². The van der Waals surface area contributed by atoms with Crippen molar-refractivity contribution in [1.29, 1.82) is 0 Å². The van der Waals surface area contributed by atoms with Gasteiger partial charge in [0.15, 0.2) is 0 Å². The van der Waals surface area contributed by atoms with Crippen LogP contribution in [0.2, 0.25) is 0 Å². The lowest BCUT2D eigenvalue weighted by atomic mass is 9.91. The highest BCUT2D eigenvalue weighted by atomic mass is 16.3. The SMILES string of the molecule is CN1CCN(Cc2cc3c(c4ccccc24)CN([C@H]2CCCC[C@@H]2O)C3=O)CC1=O. The highest BCUT2D eigenvalue weighted by Crippen LogP contribution is 2.36. The molecule has 1 aliphatic carbocycles. The molecule has 6 heteroatoms. The highest BCUT2D eigenvalue weighted by molar-refractivity contribution is 6.05. The smallest absolute Gasteiger partial charge is 0.254 e. The Hall–Kier alpha value is -2.44. The molecule has 2 aliphatic heterocycles. The van der Waals surface area contributed by atoms with E-state index in [2.05, 4.69) is 17.0 Å². The predicted molar refractivity (Wildman–Crippen MR) is 115 cm³/mol. The Balaban J connectivity index is 1.50. The summed E-state index contributed by atoms with van der Waals surface area (Å²) in [6.45, 7) is 3.21. The van der Waals surface area contributed by atoms with Gasteiger partial charge in [0.1, 0.15) is 0 Å². The lowest BCUT2D eigenvalue weighted by Gasteiger charge is -2.35. The van der Waals surface area contributed by atoms with Crippen LogP contribution in [0.3, 0.4) is 0 Å². The topological polar surface area (TPSA) is 64.1 Å². The summed E-state index contributed by atoms with van der Waals surface area (Å²) in [5.41, 5.74) is 2.94. The molecule has 0 spiro atoms. The highest BCUT2D eigenvalue weighted by Gasteiger charge is 2.38. The summed E-state index contributed by atoms with van der Waals surface area (Å²) in [5.74, 6) is 0.178. The summed E-state index contributed by atoms with van der Waals surface area (Å²) in [5, 5.41) is 12.8. The number of rotatable bonds is 3. The van der Waals surface area contributed by atoms with E-state index in [4.69, 9.17) is 0 Å². The number of piperazine rings is 1. The number of carbonyl (C=O) groups excluding carboxylic acids is 2. The van der Waals surface area contributed by atoms with Crippen LogP contribution in [0.25, 0.3) is 10.8 Å². The molecule has 1 saturated carbocycles. The van der Waals surface area contributed by atoms with Crippen LogP contribution in [-0.4, -0.2) is 70.4 Å². The molecule has 0 aromatic heterocycles. The molecule has 6 nitrogen and oxygen atoms in total. The standard InChI is InChI=1S/C24H29N3O3/c1-25-10-11-26(15-23(25)29)13-16-12-19-20(18-7-3-2-6-17(16)18)14-27(24(19)30)21-8-4-5-9-22(21)28/h2-3,6-7,12,21-22,28H,4-5,8-11,13-15H2,1H3/t21-,22-/m0/s1. The molecule has 5 rings (SSSR count). The lowest BCUT2D eigenvalue weighted by Crippen LogP contribution is -2.48. The number of aliphatic hydroxyl groups is 1. The first-order valence-electron chi connectivity index (χ1n) is 11.0. The van der Waals surface area contributed by atoms with Gasteiger partial charge in [-0.3, -0.25) is 14.5 Å². The van der Waals surface area contributed by atoms with Gasteiger partial charge in [-0.05, 0) is 40.8 Å². The summed E-state index contributed by atoms with van der Waals surface area (Å²) in [7, 11) is 1.84. The Morgan fingerprint density at radius 2 is 1.80 bits per heavy atom. The Bertz CT molecular complexity index is 1000. The maximum atomic E-state index is 13.4. The molecule has 0 unspecified atom stereocenters. The number of amides is 2. The van der Waals surface area contributed by atoms with E-state index in [-0.39, 0.29) is 17.9 Å². The second-order valence-corrected chi connectivity index (χ2v) is 8.99. The van der Waals surface area contributed by atoms with Gasteiger partial charge in [0.05, 0.1) is 18.7 Å². The molecule has 158 valence electrons. The zero-order valence-electron chi connectivity index (χ0n) is 17.5. The van der Waals surface area contributed by atoms with Gasteiger partial charge in [0.2, 0.25) is 5.91 Å². The van der Waals surface area contributed by atoms with Crippen LogP contribution in [0.1, 0.15) is 47.2 Å². The zero-order chi connectivity index (χ0) is 20.8. The number of carbonyl (C=O) groups is 2. The number of hydrogen-bond donors (Lipinski definition) is 1. The van der Waals surface area contributed by atoms with Gasteiger partial charge in [-0.1, -0.05) is 37.1 Å². The molecule has 2 atom stereocenters. The van der Waals surface area contributed by atoms with Gasteiger partial charge in [0, 0.05) is 38.8 Å². The molecule has 1 saturated heterocycles. The molecule has 0 bridgehead atoms. The van der Waals surface area contributed by atoms with Crippen LogP contribution in [-0.2, 0) is 17.9 Å². The van der Waals surface area contributed by atoms with Crippen molar-refractivity contribution in [2.75, 3.05) is 26.7 Å². The molecule has 2 amide bonds. The fourth-order valence-electron chi connectivity index (χ4n) is 5.31. The minimum absolute atomic E-state index is 0.0393. The average Bonchev–Trinajstić information content (AvgIpc) is 3.08. The van der Waals surface area contributed by atoms with Gasteiger partial charge in [-0.15, -0.1) is 0 Å². The first-order valence-corrected chi connectivity index (χ1v) is 11.0. The molecule has 2 aromatic carbocycles.